The minimum absolute atomic E-state index is 0.0147. The van der Waals surface area contributed by atoms with Crippen LogP contribution in [-0.4, -0.2) is 0 Å². The summed E-state index contributed by atoms with van der Waals surface area (Å²) in [6.45, 7) is 39.5. The Bertz CT molecular complexity index is 2980. The molecule has 2 aromatic heterocycles. The summed E-state index contributed by atoms with van der Waals surface area (Å²) in [5, 5.41) is 4.79. The molecule has 0 saturated heterocycles. The molecule has 0 aliphatic carbocycles. The Morgan fingerprint density at radius 2 is 0.855 bits per heavy atom. The third-order valence-electron chi connectivity index (χ3n) is 13.3. The van der Waals surface area contributed by atoms with Crippen molar-refractivity contribution in [1.29, 1.82) is 0 Å². The second-order valence-electron chi connectivity index (χ2n) is 24.2. The molecule has 0 fully saturated rings. The molecule has 0 saturated carbocycles. The smallest absolute Gasteiger partial charge is 0.143 e. The van der Waals surface area contributed by atoms with E-state index in [1.54, 1.807) is 0 Å². The number of rotatable bonds is 5. The van der Waals surface area contributed by atoms with Crippen molar-refractivity contribution >= 4 is 43.9 Å². The lowest BCUT2D eigenvalue weighted by atomic mass is 9.74. The third kappa shape index (κ3) is 7.93. The Morgan fingerprint density at radius 3 is 1.42 bits per heavy atom. The summed E-state index contributed by atoms with van der Waals surface area (Å²) in [5.74, 6) is 0. The number of furan rings is 2. The van der Waals surface area contributed by atoms with E-state index in [9.17, 15) is 0 Å². The SMILES string of the molecule is CC(C)(C)c1cc(-c2cc(CC(C)(C)c3cc(-c4cccc5oc6cccc(C(C)(C)C)c6c45)cc(C(C)(C)C)c3)cc3c2oc2c(C(C)(C)C)cccc23)cc(C(C)(C)C)c1. The maximum Gasteiger partial charge on any atom is 0.143 e. The molecule has 2 nitrogen and oxygen atoms in total. The van der Waals surface area contributed by atoms with Gasteiger partial charge in [0.1, 0.15) is 22.3 Å². The lowest BCUT2D eigenvalue weighted by molar-refractivity contribution is 0.517. The van der Waals surface area contributed by atoms with Crippen LogP contribution in [0.25, 0.3) is 66.1 Å². The van der Waals surface area contributed by atoms with E-state index in [0.29, 0.717) is 0 Å². The van der Waals surface area contributed by atoms with Gasteiger partial charge in [-0.05, 0) is 113 Å². The highest BCUT2D eigenvalue weighted by Gasteiger charge is 2.30. The second kappa shape index (κ2) is 14.5. The van der Waals surface area contributed by atoms with Crippen LogP contribution in [0.2, 0.25) is 0 Å². The van der Waals surface area contributed by atoms with Crippen molar-refractivity contribution in [3.63, 3.8) is 0 Å². The van der Waals surface area contributed by atoms with Gasteiger partial charge in [0.05, 0.1) is 0 Å². The van der Waals surface area contributed by atoms with Crippen molar-refractivity contribution in [2.24, 2.45) is 0 Å². The zero-order valence-electron chi connectivity index (χ0n) is 40.8. The number of hydrogen-bond acceptors (Lipinski definition) is 2. The molecule has 0 amide bonds. The molecule has 8 rings (SSSR count). The molecule has 0 N–H and O–H groups in total. The summed E-state index contributed by atoms with van der Waals surface area (Å²) >= 11 is 0. The van der Waals surface area contributed by atoms with E-state index in [0.717, 1.165) is 28.8 Å². The molecule has 8 aromatic rings. The van der Waals surface area contributed by atoms with Gasteiger partial charge < -0.3 is 8.83 Å². The fraction of sp³-hybridized carbons (Fsp3) is 0.400. The Balaban J connectivity index is 1.36. The highest BCUT2D eigenvalue weighted by Crippen LogP contribution is 2.46. The van der Waals surface area contributed by atoms with Crippen LogP contribution in [0.3, 0.4) is 0 Å². The minimum Gasteiger partial charge on any atom is -0.456 e. The lowest BCUT2D eigenvalue weighted by Crippen LogP contribution is -2.22. The van der Waals surface area contributed by atoms with Gasteiger partial charge in [-0.15, -0.1) is 0 Å². The number of hydrogen-bond donors (Lipinski definition) is 0. The van der Waals surface area contributed by atoms with Crippen LogP contribution in [0.15, 0.2) is 112 Å². The van der Waals surface area contributed by atoms with Crippen LogP contribution < -0.4 is 0 Å². The zero-order chi connectivity index (χ0) is 45.1. The van der Waals surface area contributed by atoms with Crippen LogP contribution >= 0.6 is 0 Å². The zero-order valence-corrected chi connectivity index (χ0v) is 40.8. The standard InChI is InChI=1S/C60H70O2/c1-55(2,3)39-30-38(31-40(33-39)56(4,5)6)45-27-36(28-46-44-22-18-24-48(59(13,14)15)54(44)62-53(45)46)35-60(16,17)42-32-37(29-41(34-42)57(7,8)9)43-21-19-25-49-51(43)52-47(58(10,11)12)23-20-26-50(52)61-49/h18-34H,35H2,1-17H3. The molecule has 2 heteroatoms. The second-order valence-corrected chi connectivity index (χ2v) is 24.2. The van der Waals surface area contributed by atoms with E-state index in [-0.39, 0.29) is 32.5 Å². The third-order valence-corrected chi connectivity index (χ3v) is 13.3. The average molecular weight is 823 g/mol. The fourth-order valence-electron chi connectivity index (χ4n) is 9.47. The largest absolute Gasteiger partial charge is 0.456 e. The van der Waals surface area contributed by atoms with Crippen molar-refractivity contribution in [3.05, 3.63) is 142 Å². The van der Waals surface area contributed by atoms with E-state index in [1.807, 2.05) is 0 Å². The predicted molar refractivity (Wildman–Crippen MR) is 269 cm³/mol. The summed E-state index contributed by atoms with van der Waals surface area (Å²) in [6.07, 6.45) is 0.854. The van der Waals surface area contributed by atoms with Crippen molar-refractivity contribution in [3.8, 4) is 22.3 Å². The molecule has 0 radical (unpaired) electrons. The van der Waals surface area contributed by atoms with Gasteiger partial charge in [0.2, 0.25) is 0 Å². The van der Waals surface area contributed by atoms with Gasteiger partial charge in [-0.25, -0.2) is 0 Å². The van der Waals surface area contributed by atoms with Gasteiger partial charge in [-0.1, -0.05) is 197 Å². The summed E-state index contributed by atoms with van der Waals surface area (Å²) in [5.41, 5.74) is 17.5. The van der Waals surface area contributed by atoms with Crippen LogP contribution in [0.4, 0.5) is 0 Å². The maximum absolute atomic E-state index is 7.11. The van der Waals surface area contributed by atoms with Crippen LogP contribution in [-0.2, 0) is 38.9 Å². The molecule has 0 atom stereocenters. The van der Waals surface area contributed by atoms with E-state index in [2.05, 4.69) is 221 Å². The molecule has 2 heterocycles. The maximum atomic E-state index is 7.11. The monoisotopic (exact) mass is 823 g/mol. The number of para-hydroxylation sites is 1. The molecule has 0 bridgehead atoms. The normalized spacial score (nSPS) is 13.6. The average Bonchev–Trinajstić information content (AvgIpc) is 3.74. The summed E-state index contributed by atoms with van der Waals surface area (Å²) in [6, 6.07) is 39.3. The van der Waals surface area contributed by atoms with Gasteiger partial charge >= 0.3 is 0 Å². The van der Waals surface area contributed by atoms with Gasteiger partial charge in [0, 0.05) is 32.7 Å². The topological polar surface area (TPSA) is 26.3 Å². The van der Waals surface area contributed by atoms with E-state index >= 15 is 0 Å². The first-order valence-corrected chi connectivity index (χ1v) is 22.9. The minimum atomic E-state index is -0.218. The van der Waals surface area contributed by atoms with Crippen molar-refractivity contribution < 1.29 is 8.83 Å². The first-order valence-electron chi connectivity index (χ1n) is 22.9. The molecule has 0 unspecified atom stereocenters. The molecule has 0 spiro atoms. The Labute approximate surface area is 372 Å². The molecule has 0 aliphatic heterocycles. The Kier molecular flexibility index (Phi) is 10.2. The Morgan fingerprint density at radius 1 is 0.371 bits per heavy atom. The molecule has 6 aromatic carbocycles. The number of benzene rings is 6. The quantitative estimate of drug-likeness (QED) is 0.173. The summed E-state index contributed by atoms with van der Waals surface area (Å²) in [7, 11) is 0. The van der Waals surface area contributed by atoms with Gasteiger partial charge in [-0.3, -0.25) is 0 Å². The van der Waals surface area contributed by atoms with Crippen LogP contribution in [0.1, 0.15) is 157 Å². The van der Waals surface area contributed by atoms with Gasteiger partial charge in [0.25, 0.3) is 0 Å². The highest BCUT2D eigenvalue weighted by atomic mass is 16.3. The Hall–Kier alpha value is -5.08. The number of fused-ring (bicyclic) bond motifs is 6. The van der Waals surface area contributed by atoms with Crippen LogP contribution in [0, 0.1) is 0 Å². The first kappa shape index (κ1) is 43.6. The predicted octanol–water partition coefficient (Wildman–Crippen LogP) is 17.8. The molecular weight excluding hydrogens is 753 g/mol. The molecule has 62 heavy (non-hydrogen) atoms. The lowest BCUT2D eigenvalue weighted by Gasteiger charge is -2.30. The highest BCUT2D eigenvalue weighted by molar-refractivity contribution is 6.14. The molecular formula is C60H70O2. The van der Waals surface area contributed by atoms with Crippen molar-refractivity contribution in [2.45, 2.75) is 157 Å². The first-order chi connectivity index (χ1) is 28.6. The van der Waals surface area contributed by atoms with Crippen molar-refractivity contribution in [1.82, 2.24) is 0 Å². The fourth-order valence-corrected chi connectivity index (χ4v) is 9.47. The van der Waals surface area contributed by atoms with Crippen molar-refractivity contribution in [2.75, 3.05) is 0 Å². The molecule has 322 valence electrons. The van der Waals surface area contributed by atoms with Gasteiger partial charge in [-0.2, -0.15) is 0 Å². The summed E-state index contributed by atoms with van der Waals surface area (Å²) in [4.78, 5) is 0. The van der Waals surface area contributed by atoms with Gasteiger partial charge in [0.15, 0.2) is 0 Å². The summed E-state index contributed by atoms with van der Waals surface area (Å²) < 4.78 is 13.7. The molecule has 0 aliphatic rings. The van der Waals surface area contributed by atoms with E-state index in [4.69, 9.17) is 8.83 Å². The van der Waals surface area contributed by atoms with E-state index in [1.165, 1.54) is 82.7 Å². The van der Waals surface area contributed by atoms with E-state index < -0.39 is 0 Å². The van der Waals surface area contributed by atoms with Crippen LogP contribution in [0.5, 0.6) is 0 Å².